The molecule has 8 heteroatoms. The van der Waals surface area contributed by atoms with E-state index in [1.807, 2.05) is 0 Å². The van der Waals surface area contributed by atoms with Gasteiger partial charge in [0.1, 0.15) is 11.4 Å². The molecule has 0 aliphatic heterocycles. The molecule has 2 rings (SSSR count). The van der Waals surface area contributed by atoms with E-state index in [4.69, 9.17) is 15.7 Å². The number of carbonyl (C=O) groups is 1. The smallest absolute Gasteiger partial charge is 0.275 e. The highest BCUT2D eigenvalue weighted by Crippen LogP contribution is 2.28. The van der Waals surface area contributed by atoms with Gasteiger partial charge in [0, 0.05) is 18.0 Å². The van der Waals surface area contributed by atoms with E-state index in [1.54, 1.807) is 18.2 Å². The number of benzene rings is 1. The summed E-state index contributed by atoms with van der Waals surface area (Å²) < 4.78 is 5.17. The van der Waals surface area contributed by atoms with E-state index in [2.05, 4.69) is 20.4 Å². The van der Waals surface area contributed by atoms with E-state index in [9.17, 15) is 4.79 Å². The largest absolute Gasteiger partial charge is 0.495 e. The number of amidine groups is 1. The van der Waals surface area contributed by atoms with Gasteiger partial charge in [-0.1, -0.05) is 11.2 Å². The van der Waals surface area contributed by atoms with Gasteiger partial charge in [-0.3, -0.25) is 9.78 Å². The van der Waals surface area contributed by atoms with Crippen molar-refractivity contribution in [1.82, 2.24) is 9.97 Å². The molecule has 2 aromatic rings. The number of amides is 1. The Labute approximate surface area is 120 Å². The third-order valence-corrected chi connectivity index (χ3v) is 2.66. The second-order valence-electron chi connectivity index (χ2n) is 3.91. The summed E-state index contributed by atoms with van der Waals surface area (Å²) in [6, 6.07) is 4.88. The fourth-order valence-corrected chi connectivity index (χ4v) is 1.69. The van der Waals surface area contributed by atoms with E-state index < -0.39 is 5.91 Å². The molecule has 0 radical (unpaired) electrons. The first-order valence-electron chi connectivity index (χ1n) is 5.89. The maximum Gasteiger partial charge on any atom is 0.275 e. The quantitative estimate of drug-likeness (QED) is 0.331. The number of nitrogens with zero attached hydrogens (tertiary/aromatic N) is 3. The number of methoxy groups -OCH3 is 1. The van der Waals surface area contributed by atoms with Crippen LogP contribution < -0.4 is 15.8 Å². The Morgan fingerprint density at radius 3 is 2.86 bits per heavy atom. The van der Waals surface area contributed by atoms with Crippen LogP contribution in [0.4, 0.5) is 5.69 Å². The number of nitrogens with one attached hydrogen (secondary N) is 1. The van der Waals surface area contributed by atoms with E-state index >= 15 is 0 Å². The van der Waals surface area contributed by atoms with E-state index in [-0.39, 0.29) is 17.2 Å². The maximum absolute atomic E-state index is 12.1. The Morgan fingerprint density at radius 2 is 2.24 bits per heavy atom. The number of oxime groups is 1. The average Bonchev–Trinajstić information content (AvgIpc) is 2.55. The molecular weight excluding hydrogens is 274 g/mol. The van der Waals surface area contributed by atoms with Crippen LogP contribution in [0.2, 0.25) is 0 Å². The lowest BCUT2D eigenvalue weighted by molar-refractivity contribution is 0.102. The van der Waals surface area contributed by atoms with Crippen LogP contribution in [0, 0.1) is 0 Å². The Morgan fingerprint density at radius 1 is 1.43 bits per heavy atom. The second-order valence-corrected chi connectivity index (χ2v) is 3.91. The number of ether oxygens (including phenoxy) is 1. The lowest BCUT2D eigenvalue weighted by atomic mass is 10.1. The van der Waals surface area contributed by atoms with Crippen molar-refractivity contribution in [1.29, 1.82) is 0 Å². The van der Waals surface area contributed by atoms with Crippen LogP contribution in [0.1, 0.15) is 16.1 Å². The van der Waals surface area contributed by atoms with Gasteiger partial charge < -0.3 is 21.0 Å². The van der Waals surface area contributed by atoms with Crippen LogP contribution in [0.3, 0.4) is 0 Å². The van der Waals surface area contributed by atoms with Crippen molar-refractivity contribution in [2.24, 2.45) is 10.9 Å². The van der Waals surface area contributed by atoms with Crippen molar-refractivity contribution < 1.29 is 14.7 Å². The first-order valence-corrected chi connectivity index (χ1v) is 5.89. The molecule has 0 bridgehead atoms. The molecule has 0 aliphatic rings. The Hall–Kier alpha value is -3.16. The highest BCUT2D eigenvalue weighted by molar-refractivity contribution is 6.10. The molecule has 1 aromatic heterocycles. The van der Waals surface area contributed by atoms with Crippen molar-refractivity contribution in [3.63, 3.8) is 0 Å². The molecule has 4 N–H and O–H groups in total. The summed E-state index contributed by atoms with van der Waals surface area (Å²) in [6.07, 6.45) is 4.19. The first-order chi connectivity index (χ1) is 10.2. The summed E-state index contributed by atoms with van der Waals surface area (Å²) in [5, 5.41) is 14.4. The van der Waals surface area contributed by atoms with E-state index in [0.717, 1.165) is 0 Å². The molecule has 21 heavy (non-hydrogen) atoms. The molecule has 0 fully saturated rings. The minimum atomic E-state index is -0.486. The molecule has 1 heterocycles. The van der Waals surface area contributed by atoms with Gasteiger partial charge in [0.25, 0.3) is 5.91 Å². The van der Waals surface area contributed by atoms with Crippen molar-refractivity contribution in [3.8, 4) is 5.75 Å². The topological polar surface area (TPSA) is 123 Å². The zero-order valence-corrected chi connectivity index (χ0v) is 11.1. The molecule has 0 saturated heterocycles. The van der Waals surface area contributed by atoms with Crippen molar-refractivity contribution in [2.45, 2.75) is 0 Å². The van der Waals surface area contributed by atoms with Crippen LogP contribution in [0.15, 0.2) is 41.9 Å². The van der Waals surface area contributed by atoms with Crippen LogP contribution in [-0.2, 0) is 0 Å². The first kappa shape index (κ1) is 14.3. The summed E-state index contributed by atoms with van der Waals surface area (Å²) >= 11 is 0. The lowest BCUT2D eigenvalue weighted by Crippen LogP contribution is -2.20. The second kappa shape index (κ2) is 6.33. The third-order valence-electron chi connectivity index (χ3n) is 2.66. The van der Waals surface area contributed by atoms with Crippen LogP contribution >= 0.6 is 0 Å². The minimum absolute atomic E-state index is 0.133. The summed E-state index contributed by atoms with van der Waals surface area (Å²) in [6.45, 7) is 0. The number of nitrogens with two attached hydrogens (primary N) is 1. The maximum atomic E-state index is 12.1. The zero-order chi connectivity index (χ0) is 15.2. The van der Waals surface area contributed by atoms with Crippen LogP contribution in [-0.4, -0.2) is 34.0 Å². The molecule has 108 valence electrons. The number of para-hydroxylation sites is 1. The predicted molar refractivity (Wildman–Crippen MR) is 75.5 cm³/mol. The highest BCUT2D eigenvalue weighted by Gasteiger charge is 2.16. The molecule has 0 spiro atoms. The van der Waals surface area contributed by atoms with Crippen molar-refractivity contribution in [3.05, 3.63) is 48.0 Å². The fourth-order valence-electron chi connectivity index (χ4n) is 1.69. The Bertz CT molecular complexity index is 673. The zero-order valence-electron chi connectivity index (χ0n) is 11.1. The third kappa shape index (κ3) is 3.06. The van der Waals surface area contributed by atoms with Crippen LogP contribution in [0.5, 0.6) is 5.75 Å². The van der Waals surface area contributed by atoms with Gasteiger partial charge >= 0.3 is 0 Å². The minimum Gasteiger partial charge on any atom is -0.495 e. The van der Waals surface area contributed by atoms with Gasteiger partial charge in [-0.25, -0.2) is 4.98 Å². The van der Waals surface area contributed by atoms with Gasteiger partial charge in [-0.05, 0) is 12.1 Å². The van der Waals surface area contributed by atoms with Crippen LogP contribution in [0.25, 0.3) is 0 Å². The summed E-state index contributed by atoms with van der Waals surface area (Å²) in [4.78, 5) is 19.9. The molecule has 1 aromatic carbocycles. The van der Waals surface area contributed by atoms with Gasteiger partial charge in [-0.15, -0.1) is 0 Å². The van der Waals surface area contributed by atoms with Gasteiger partial charge in [0.2, 0.25) is 0 Å². The Kier molecular flexibility index (Phi) is 4.30. The molecule has 8 nitrogen and oxygen atoms in total. The molecule has 0 atom stereocenters. The SMILES string of the molecule is COc1cccc(/C(N)=N/O)c1NC(=O)c1cnccn1. The number of anilines is 1. The van der Waals surface area contributed by atoms with Crippen molar-refractivity contribution >= 4 is 17.4 Å². The molecule has 0 saturated carbocycles. The highest BCUT2D eigenvalue weighted by atomic mass is 16.5. The predicted octanol–water partition coefficient (Wildman–Crippen LogP) is 0.832. The molecular formula is C13H13N5O3. The van der Waals surface area contributed by atoms with Gasteiger partial charge in [0.05, 0.1) is 19.0 Å². The summed E-state index contributed by atoms with van der Waals surface area (Å²) in [5.74, 6) is -0.265. The fraction of sp³-hybridized carbons (Fsp3) is 0.0769. The normalized spacial score (nSPS) is 11.0. The summed E-state index contributed by atoms with van der Waals surface area (Å²) in [5.41, 5.74) is 6.34. The van der Waals surface area contributed by atoms with E-state index in [1.165, 1.54) is 25.7 Å². The molecule has 0 unspecified atom stereocenters. The number of hydrogen-bond acceptors (Lipinski definition) is 6. The number of rotatable bonds is 4. The lowest BCUT2D eigenvalue weighted by Gasteiger charge is -2.13. The molecule has 0 aliphatic carbocycles. The van der Waals surface area contributed by atoms with Gasteiger partial charge in [0.15, 0.2) is 5.84 Å². The Balaban J connectivity index is 2.41. The number of aromatic nitrogens is 2. The average molecular weight is 287 g/mol. The monoisotopic (exact) mass is 287 g/mol. The molecule has 1 amide bonds. The van der Waals surface area contributed by atoms with E-state index in [0.29, 0.717) is 11.3 Å². The van der Waals surface area contributed by atoms with Gasteiger partial charge in [-0.2, -0.15) is 0 Å². The summed E-state index contributed by atoms with van der Waals surface area (Å²) in [7, 11) is 1.45. The number of carbonyl (C=O) groups excluding carboxylic acids is 1. The van der Waals surface area contributed by atoms with Crippen molar-refractivity contribution in [2.75, 3.05) is 12.4 Å². The number of hydrogen-bond donors (Lipinski definition) is 3. The standard InChI is InChI=1S/C13H13N5O3/c1-21-10-4-2-3-8(12(14)18-20)11(10)17-13(19)9-7-15-5-6-16-9/h2-7,20H,1H3,(H2,14,18)(H,17,19).